The molecule has 0 atom stereocenters. The number of ether oxygens (including phenoxy) is 4. The van der Waals surface area contributed by atoms with Gasteiger partial charge in [0.1, 0.15) is 6.54 Å². The molecule has 5 rings (SSSR count). The zero-order valence-electron chi connectivity index (χ0n) is 34.1. The summed E-state index contributed by atoms with van der Waals surface area (Å²) in [5, 5.41) is 0.683. The Hall–Kier alpha value is -3.82. The van der Waals surface area contributed by atoms with Crippen LogP contribution < -0.4 is 23.8 Å². The summed E-state index contributed by atoms with van der Waals surface area (Å²) in [5.41, 5.74) is 7.10. The van der Waals surface area contributed by atoms with E-state index in [0.29, 0.717) is 66.8 Å². The van der Waals surface area contributed by atoms with Crippen LogP contribution in [0.15, 0.2) is 70.4 Å². The van der Waals surface area contributed by atoms with Gasteiger partial charge in [0.25, 0.3) is 20.2 Å². The molecule has 0 bridgehead atoms. The van der Waals surface area contributed by atoms with E-state index in [1.165, 1.54) is 0 Å². The van der Waals surface area contributed by atoms with Crippen LogP contribution in [0.25, 0.3) is 0 Å². The van der Waals surface area contributed by atoms with E-state index in [1.807, 2.05) is 24.3 Å². The number of methoxy groups -OCH3 is 4. The Morgan fingerprint density at radius 1 is 0.737 bits per heavy atom. The van der Waals surface area contributed by atoms with E-state index in [0.717, 1.165) is 64.3 Å². The molecule has 15 heteroatoms. The highest BCUT2D eigenvalue weighted by atomic mass is 35.5. The summed E-state index contributed by atoms with van der Waals surface area (Å²) in [6.45, 7) is 9.62. The first-order valence-electron chi connectivity index (χ1n) is 19.1. The van der Waals surface area contributed by atoms with Crippen LogP contribution in [-0.4, -0.2) is 89.3 Å². The lowest BCUT2D eigenvalue weighted by atomic mass is 9.81. The van der Waals surface area contributed by atoms with Crippen molar-refractivity contribution in [3.05, 3.63) is 81.6 Å². The van der Waals surface area contributed by atoms with Gasteiger partial charge in [-0.3, -0.25) is 9.11 Å². The molecule has 3 aliphatic rings. The van der Waals surface area contributed by atoms with Gasteiger partial charge < -0.3 is 23.8 Å². The van der Waals surface area contributed by atoms with Gasteiger partial charge in [-0.05, 0) is 87.3 Å². The summed E-state index contributed by atoms with van der Waals surface area (Å²) >= 11 is 7.23. The van der Waals surface area contributed by atoms with E-state index in [4.69, 9.17) is 30.5 Å². The van der Waals surface area contributed by atoms with Gasteiger partial charge in [-0.2, -0.15) is 21.4 Å². The monoisotopic (exact) mass is 847 g/mol. The van der Waals surface area contributed by atoms with Crippen LogP contribution in [0.5, 0.6) is 23.0 Å². The van der Waals surface area contributed by atoms with Crippen molar-refractivity contribution in [2.24, 2.45) is 0 Å². The lowest BCUT2D eigenvalue weighted by Crippen LogP contribution is -2.28. The van der Waals surface area contributed by atoms with Gasteiger partial charge >= 0.3 is 0 Å². The molecule has 0 saturated carbocycles. The molecule has 2 aliphatic heterocycles. The maximum atomic E-state index is 11.5. The quantitative estimate of drug-likeness (QED) is 0.0899. The molecule has 312 valence electrons. The number of benzene rings is 2. The molecule has 1 aliphatic carbocycles. The van der Waals surface area contributed by atoms with Crippen molar-refractivity contribution in [3.63, 3.8) is 0 Å². The largest absolute Gasteiger partial charge is 0.493 e. The summed E-state index contributed by atoms with van der Waals surface area (Å²) in [7, 11) is -1.74. The van der Waals surface area contributed by atoms with Crippen LogP contribution in [0, 0.1) is 0 Å². The number of anilines is 1. The first-order valence-corrected chi connectivity index (χ1v) is 22.7. The normalized spacial score (nSPS) is 19.2. The van der Waals surface area contributed by atoms with Crippen molar-refractivity contribution in [1.82, 2.24) is 0 Å². The number of halogens is 1. The van der Waals surface area contributed by atoms with E-state index < -0.39 is 31.1 Å². The van der Waals surface area contributed by atoms with Crippen LogP contribution in [0.2, 0.25) is 0 Å². The first kappa shape index (κ1) is 44.3. The van der Waals surface area contributed by atoms with Crippen LogP contribution >= 0.6 is 11.6 Å². The topological polar surface area (TPSA) is 152 Å². The number of unbranched alkanes of at least 4 members (excludes halogenated alkanes) is 2. The molecule has 0 saturated heterocycles. The van der Waals surface area contributed by atoms with Crippen LogP contribution in [-0.2, 0) is 31.1 Å². The number of rotatable bonds is 17. The molecule has 2 aromatic carbocycles. The third kappa shape index (κ3) is 9.73. The predicted molar refractivity (Wildman–Crippen MR) is 226 cm³/mol. The van der Waals surface area contributed by atoms with Gasteiger partial charge in [0.15, 0.2) is 28.7 Å². The van der Waals surface area contributed by atoms with Crippen LogP contribution in [0.3, 0.4) is 0 Å². The Morgan fingerprint density at radius 2 is 1.30 bits per heavy atom. The lowest BCUT2D eigenvalue weighted by Gasteiger charge is -2.27. The highest BCUT2D eigenvalue weighted by Crippen LogP contribution is 2.52. The number of allylic oxidation sites excluding steroid dienone is 8. The van der Waals surface area contributed by atoms with E-state index in [1.54, 1.807) is 28.4 Å². The molecule has 0 fully saturated rings. The molecular weight excluding hydrogens is 792 g/mol. The molecule has 2 heterocycles. The molecule has 12 nitrogen and oxygen atoms in total. The second-order valence-corrected chi connectivity index (χ2v) is 19.2. The van der Waals surface area contributed by atoms with Crippen molar-refractivity contribution in [3.8, 4) is 23.0 Å². The lowest BCUT2D eigenvalue weighted by molar-refractivity contribution is -0.438. The van der Waals surface area contributed by atoms with E-state index >= 15 is 0 Å². The minimum Gasteiger partial charge on any atom is -0.493 e. The highest BCUT2D eigenvalue weighted by Gasteiger charge is 2.45. The van der Waals surface area contributed by atoms with Crippen LogP contribution in [0.1, 0.15) is 83.8 Å². The predicted octanol–water partition coefficient (Wildman–Crippen LogP) is 8.27. The van der Waals surface area contributed by atoms with E-state index in [2.05, 4.69) is 61.5 Å². The van der Waals surface area contributed by atoms with Gasteiger partial charge in [0.2, 0.25) is 5.69 Å². The van der Waals surface area contributed by atoms with Gasteiger partial charge in [-0.1, -0.05) is 37.6 Å². The Balaban J connectivity index is 1.52. The van der Waals surface area contributed by atoms with Gasteiger partial charge in [0, 0.05) is 52.5 Å². The molecule has 2 aromatic rings. The second kappa shape index (κ2) is 17.6. The van der Waals surface area contributed by atoms with Gasteiger partial charge in [0.05, 0.1) is 51.4 Å². The number of hydrogen-bond acceptors (Lipinski definition) is 9. The average molecular weight is 849 g/mol. The Labute approximate surface area is 343 Å². The average Bonchev–Trinajstić information content (AvgIpc) is 3.48. The fourth-order valence-corrected chi connectivity index (χ4v) is 9.60. The molecule has 0 unspecified atom stereocenters. The van der Waals surface area contributed by atoms with Gasteiger partial charge in [-0.15, -0.1) is 0 Å². The summed E-state index contributed by atoms with van der Waals surface area (Å²) in [5.74, 6) is 1.80. The minimum absolute atomic E-state index is 0.306. The Bertz CT molecular complexity index is 2250. The van der Waals surface area contributed by atoms with Gasteiger partial charge in [-0.25, -0.2) is 0 Å². The molecular formula is C42H56ClN2O10S2+. The third-order valence-electron chi connectivity index (χ3n) is 11.2. The number of nitrogens with zero attached hydrogens (tertiary/aromatic N) is 2. The van der Waals surface area contributed by atoms with E-state index in [-0.39, 0.29) is 11.5 Å². The molecule has 0 radical (unpaired) electrons. The van der Waals surface area contributed by atoms with Crippen molar-refractivity contribution in [2.45, 2.75) is 83.5 Å². The highest BCUT2D eigenvalue weighted by molar-refractivity contribution is 7.86. The summed E-state index contributed by atoms with van der Waals surface area (Å²) < 4.78 is 89.3. The molecule has 0 spiro atoms. The summed E-state index contributed by atoms with van der Waals surface area (Å²) in [4.78, 5) is 2.19. The van der Waals surface area contributed by atoms with E-state index in [9.17, 15) is 25.9 Å². The maximum Gasteiger partial charge on any atom is 0.264 e. The first-order chi connectivity index (χ1) is 26.8. The zero-order chi connectivity index (χ0) is 41.9. The molecule has 0 aromatic heterocycles. The van der Waals surface area contributed by atoms with Crippen molar-refractivity contribution < 1.29 is 49.5 Å². The maximum absolute atomic E-state index is 11.5. The van der Waals surface area contributed by atoms with Crippen LogP contribution in [0.4, 0.5) is 11.4 Å². The second-order valence-electron chi connectivity index (χ2n) is 15.6. The third-order valence-corrected chi connectivity index (χ3v) is 13.3. The van der Waals surface area contributed by atoms with Crippen molar-refractivity contribution in [1.29, 1.82) is 0 Å². The minimum atomic E-state index is -4.07. The Kier molecular flexibility index (Phi) is 13.7. The number of fused-ring (bicyclic) bond motifs is 2. The summed E-state index contributed by atoms with van der Waals surface area (Å²) in [6, 6.07) is 7.89. The summed E-state index contributed by atoms with van der Waals surface area (Å²) in [6.07, 6.45) is 12.5. The smallest absolute Gasteiger partial charge is 0.264 e. The van der Waals surface area contributed by atoms with Crippen molar-refractivity contribution >= 4 is 48.9 Å². The van der Waals surface area contributed by atoms with Crippen molar-refractivity contribution in [2.75, 3.05) is 57.9 Å². The SMILES string of the molecule is COc1cc2c(cc1OC)C(C)(C)C(=CC=C1CCCC(C=CC3=[N+](CCCCS(=O)(=O)O)c4cc(OC)c(OC)cc4C3(C)C)=C1Cl)N2CCCCS(=O)(=O)O. The molecule has 2 N–H and O–H groups in total. The fourth-order valence-electron chi connectivity index (χ4n) is 8.15. The molecule has 0 amide bonds. The zero-order valence-corrected chi connectivity index (χ0v) is 36.5. The fraction of sp³-hybridized carbons (Fsp3) is 0.500. The Morgan fingerprint density at radius 3 is 1.89 bits per heavy atom. The number of hydrogen-bond donors (Lipinski definition) is 2. The standard InChI is InChI=1S/C42H55ClN2O10S2/c1-41(2)30-24-34(52-5)36(54-7)26-32(30)44(20-9-11-22-56(46,47)48)38(41)18-16-28-14-13-15-29(40(28)43)17-19-39-42(3,4)31-25-35(53-6)37(55-8)27-33(31)45(39)21-10-12-23-57(49,50)51/h16-19,24-27H,9-15,20-23H2,1-8H3,(H-,46,47,48,49,50,51)/p+1. The molecule has 57 heavy (non-hydrogen) atoms.